The van der Waals surface area contributed by atoms with Gasteiger partial charge >= 0.3 is 0 Å². The van der Waals surface area contributed by atoms with Gasteiger partial charge in [0.1, 0.15) is 0 Å². The molecule has 2 amide bonds. The molecule has 0 atom stereocenters. The Morgan fingerprint density at radius 2 is 1.61 bits per heavy atom. The van der Waals surface area contributed by atoms with Gasteiger partial charge in [-0.15, -0.1) is 0 Å². The van der Waals surface area contributed by atoms with E-state index in [1.165, 1.54) is 5.56 Å². The SMILES string of the molecule is Cc1ccc(CC(=O)N2CCC(C(=O)Nc3ccc(N(C)C)cc3)CC2)cc1. The number of amides is 2. The number of nitrogens with one attached hydrogen (secondary N) is 1. The summed E-state index contributed by atoms with van der Waals surface area (Å²) < 4.78 is 0. The van der Waals surface area contributed by atoms with Gasteiger partial charge in [0.25, 0.3) is 0 Å². The number of likely N-dealkylation sites (tertiary alicyclic amines) is 1. The number of hydrogen-bond acceptors (Lipinski definition) is 3. The maximum absolute atomic E-state index is 12.6. The molecule has 0 unspecified atom stereocenters. The standard InChI is InChI=1S/C23H29N3O2/c1-17-4-6-18(7-5-17)16-22(27)26-14-12-19(13-15-26)23(28)24-20-8-10-21(11-9-20)25(2)3/h4-11,19H,12-16H2,1-3H3,(H,24,28). The fraction of sp³-hybridized carbons (Fsp3) is 0.391. The molecule has 1 saturated heterocycles. The van der Waals surface area contributed by atoms with Crippen molar-refractivity contribution < 1.29 is 9.59 Å². The topological polar surface area (TPSA) is 52.7 Å². The highest BCUT2D eigenvalue weighted by atomic mass is 16.2. The molecule has 1 aliphatic heterocycles. The van der Waals surface area contributed by atoms with Crippen LogP contribution in [-0.2, 0) is 16.0 Å². The van der Waals surface area contributed by atoms with Crippen molar-refractivity contribution in [3.8, 4) is 0 Å². The Morgan fingerprint density at radius 3 is 2.18 bits per heavy atom. The summed E-state index contributed by atoms with van der Waals surface area (Å²) in [7, 11) is 3.98. The van der Waals surface area contributed by atoms with Gasteiger partial charge in [0.05, 0.1) is 6.42 Å². The summed E-state index contributed by atoms with van der Waals surface area (Å²) in [6, 6.07) is 15.9. The summed E-state index contributed by atoms with van der Waals surface area (Å²) in [6.45, 7) is 3.32. The van der Waals surface area contributed by atoms with Gasteiger partial charge in [-0.25, -0.2) is 0 Å². The third-order valence-corrected chi connectivity index (χ3v) is 5.35. The molecule has 0 bridgehead atoms. The van der Waals surface area contributed by atoms with Gasteiger partial charge in [-0.05, 0) is 49.6 Å². The molecular weight excluding hydrogens is 350 g/mol. The van der Waals surface area contributed by atoms with Gasteiger partial charge in [0.2, 0.25) is 11.8 Å². The molecule has 1 N–H and O–H groups in total. The molecule has 0 radical (unpaired) electrons. The minimum atomic E-state index is -0.0445. The van der Waals surface area contributed by atoms with Crippen molar-refractivity contribution in [1.82, 2.24) is 4.90 Å². The summed E-state index contributed by atoms with van der Waals surface area (Å²) in [5.41, 5.74) is 4.14. The predicted octanol–water partition coefficient (Wildman–Crippen LogP) is 3.48. The highest BCUT2D eigenvalue weighted by molar-refractivity contribution is 5.93. The van der Waals surface area contributed by atoms with Gasteiger partial charge < -0.3 is 15.1 Å². The molecule has 148 valence electrons. The largest absolute Gasteiger partial charge is 0.378 e. The van der Waals surface area contributed by atoms with Crippen LogP contribution in [0.5, 0.6) is 0 Å². The van der Waals surface area contributed by atoms with Crippen LogP contribution in [-0.4, -0.2) is 43.9 Å². The van der Waals surface area contributed by atoms with Gasteiger partial charge in [-0.3, -0.25) is 9.59 Å². The Kier molecular flexibility index (Phi) is 6.34. The van der Waals surface area contributed by atoms with E-state index in [1.807, 2.05) is 79.3 Å². The molecular formula is C23H29N3O2. The van der Waals surface area contributed by atoms with Crippen molar-refractivity contribution in [2.75, 3.05) is 37.4 Å². The number of carbonyl (C=O) groups excluding carboxylic acids is 2. The van der Waals surface area contributed by atoms with E-state index in [4.69, 9.17) is 0 Å². The lowest BCUT2D eigenvalue weighted by atomic mass is 9.95. The van der Waals surface area contributed by atoms with Crippen LogP contribution in [0.1, 0.15) is 24.0 Å². The number of piperidine rings is 1. The average Bonchev–Trinajstić information content (AvgIpc) is 2.70. The molecule has 5 nitrogen and oxygen atoms in total. The minimum absolute atomic E-state index is 0.0445. The molecule has 1 heterocycles. The van der Waals surface area contributed by atoms with Crippen molar-refractivity contribution in [3.05, 3.63) is 59.7 Å². The number of rotatable bonds is 5. The Hall–Kier alpha value is -2.82. The lowest BCUT2D eigenvalue weighted by molar-refractivity contribution is -0.133. The molecule has 5 heteroatoms. The maximum Gasteiger partial charge on any atom is 0.227 e. The first-order valence-electron chi connectivity index (χ1n) is 9.84. The first-order valence-corrected chi connectivity index (χ1v) is 9.84. The van der Waals surface area contributed by atoms with Crippen LogP contribution in [0, 0.1) is 12.8 Å². The second-order valence-corrected chi connectivity index (χ2v) is 7.75. The van der Waals surface area contributed by atoms with E-state index in [-0.39, 0.29) is 17.7 Å². The summed E-state index contributed by atoms with van der Waals surface area (Å²) in [4.78, 5) is 29.0. The van der Waals surface area contributed by atoms with E-state index in [0.29, 0.717) is 32.4 Å². The molecule has 0 saturated carbocycles. The molecule has 0 spiro atoms. The first kappa shape index (κ1) is 19.9. The van der Waals surface area contributed by atoms with Gasteiger partial charge in [0.15, 0.2) is 0 Å². The Morgan fingerprint density at radius 1 is 1.00 bits per heavy atom. The lowest BCUT2D eigenvalue weighted by Crippen LogP contribution is -2.42. The molecule has 0 aliphatic carbocycles. The molecule has 28 heavy (non-hydrogen) atoms. The van der Waals surface area contributed by atoms with Crippen molar-refractivity contribution in [2.45, 2.75) is 26.2 Å². The van der Waals surface area contributed by atoms with Crippen LogP contribution in [0.3, 0.4) is 0 Å². The Bertz CT molecular complexity index is 805. The van der Waals surface area contributed by atoms with Crippen LogP contribution >= 0.6 is 0 Å². The molecule has 0 aromatic heterocycles. The van der Waals surface area contributed by atoms with Crippen molar-refractivity contribution in [1.29, 1.82) is 0 Å². The monoisotopic (exact) mass is 379 g/mol. The zero-order valence-corrected chi connectivity index (χ0v) is 16.9. The number of carbonyl (C=O) groups is 2. The molecule has 1 aliphatic rings. The number of anilines is 2. The smallest absolute Gasteiger partial charge is 0.227 e. The summed E-state index contributed by atoms with van der Waals surface area (Å²) in [5, 5.41) is 3.01. The first-order chi connectivity index (χ1) is 13.4. The number of nitrogens with zero attached hydrogens (tertiary/aromatic N) is 2. The minimum Gasteiger partial charge on any atom is -0.378 e. The summed E-state index contributed by atoms with van der Waals surface area (Å²) in [5.74, 6) is 0.141. The number of benzene rings is 2. The fourth-order valence-corrected chi connectivity index (χ4v) is 3.47. The zero-order valence-electron chi connectivity index (χ0n) is 16.9. The van der Waals surface area contributed by atoms with E-state index in [1.54, 1.807) is 0 Å². The molecule has 2 aromatic carbocycles. The Balaban J connectivity index is 1.48. The van der Waals surface area contributed by atoms with E-state index in [2.05, 4.69) is 5.32 Å². The highest BCUT2D eigenvalue weighted by Crippen LogP contribution is 2.21. The fourth-order valence-electron chi connectivity index (χ4n) is 3.47. The van der Waals surface area contributed by atoms with E-state index in [0.717, 1.165) is 16.9 Å². The van der Waals surface area contributed by atoms with Crippen molar-refractivity contribution in [2.24, 2.45) is 5.92 Å². The third kappa shape index (κ3) is 5.12. The van der Waals surface area contributed by atoms with E-state index >= 15 is 0 Å². The average molecular weight is 380 g/mol. The van der Waals surface area contributed by atoms with Gasteiger partial charge in [0, 0.05) is 44.5 Å². The summed E-state index contributed by atoms with van der Waals surface area (Å²) >= 11 is 0. The van der Waals surface area contributed by atoms with Crippen LogP contribution in [0.4, 0.5) is 11.4 Å². The second kappa shape index (κ2) is 8.91. The second-order valence-electron chi connectivity index (χ2n) is 7.75. The van der Waals surface area contributed by atoms with Crippen LogP contribution in [0.2, 0.25) is 0 Å². The summed E-state index contributed by atoms with van der Waals surface area (Å²) in [6.07, 6.45) is 1.85. The Labute approximate surface area is 167 Å². The van der Waals surface area contributed by atoms with Crippen LogP contribution in [0.15, 0.2) is 48.5 Å². The molecule has 2 aromatic rings. The third-order valence-electron chi connectivity index (χ3n) is 5.35. The normalized spacial score (nSPS) is 14.6. The van der Waals surface area contributed by atoms with E-state index < -0.39 is 0 Å². The van der Waals surface area contributed by atoms with Gasteiger partial charge in [-0.1, -0.05) is 29.8 Å². The maximum atomic E-state index is 12.6. The predicted molar refractivity (Wildman–Crippen MR) is 114 cm³/mol. The quantitative estimate of drug-likeness (QED) is 0.865. The van der Waals surface area contributed by atoms with Crippen molar-refractivity contribution in [3.63, 3.8) is 0 Å². The van der Waals surface area contributed by atoms with Crippen LogP contribution < -0.4 is 10.2 Å². The number of hydrogen-bond donors (Lipinski definition) is 1. The lowest BCUT2D eigenvalue weighted by Gasteiger charge is -2.31. The van der Waals surface area contributed by atoms with Crippen LogP contribution in [0.25, 0.3) is 0 Å². The van der Waals surface area contributed by atoms with Gasteiger partial charge in [-0.2, -0.15) is 0 Å². The highest BCUT2D eigenvalue weighted by Gasteiger charge is 2.27. The zero-order chi connectivity index (χ0) is 20.1. The van der Waals surface area contributed by atoms with E-state index in [9.17, 15) is 9.59 Å². The number of aryl methyl sites for hydroxylation is 1. The van der Waals surface area contributed by atoms with Crippen molar-refractivity contribution >= 4 is 23.2 Å². The molecule has 3 rings (SSSR count). The molecule has 1 fully saturated rings.